The van der Waals surface area contributed by atoms with Crippen LogP contribution in [0.3, 0.4) is 0 Å². The predicted molar refractivity (Wildman–Crippen MR) is 84.1 cm³/mol. The van der Waals surface area contributed by atoms with Gasteiger partial charge in [-0.3, -0.25) is 4.98 Å². The maximum atomic E-state index is 6.01. The number of benzene rings is 1. The molecule has 1 N–H and O–H groups in total. The summed E-state index contributed by atoms with van der Waals surface area (Å²) < 4.78 is 6.01. The Labute approximate surface area is 125 Å². The highest BCUT2D eigenvalue weighted by molar-refractivity contribution is 7.09. The van der Waals surface area contributed by atoms with Gasteiger partial charge in [0.25, 0.3) is 0 Å². The Balaban J connectivity index is 2.18. The number of nitrogens with zero attached hydrogens (tertiary/aromatic N) is 1. The minimum atomic E-state index is 0.0725. The van der Waals surface area contributed by atoms with Gasteiger partial charge in [-0.25, -0.2) is 0 Å². The van der Waals surface area contributed by atoms with E-state index in [9.17, 15) is 0 Å². The summed E-state index contributed by atoms with van der Waals surface area (Å²) in [7, 11) is 0. The zero-order chi connectivity index (χ0) is 14.2. The van der Waals surface area contributed by atoms with Gasteiger partial charge in [0.2, 0.25) is 0 Å². The lowest BCUT2D eigenvalue weighted by molar-refractivity contribution is 0.0338. The monoisotopic (exact) mass is 290 g/mol. The molecular formula is C16H22N2OS. The van der Waals surface area contributed by atoms with Gasteiger partial charge in [-0.2, -0.15) is 0 Å². The third-order valence-electron chi connectivity index (χ3n) is 3.21. The summed E-state index contributed by atoms with van der Waals surface area (Å²) in [5.74, 6) is 0. The van der Waals surface area contributed by atoms with Crippen molar-refractivity contribution in [2.75, 3.05) is 13.2 Å². The molecule has 0 aliphatic rings. The van der Waals surface area contributed by atoms with Crippen molar-refractivity contribution >= 4 is 11.3 Å². The molecule has 0 radical (unpaired) electrons. The molecule has 2 atom stereocenters. The van der Waals surface area contributed by atoms with Gasteiger partial charge in [-0.15, -0.1) is 11.3 Å². The summed E-state index contributed by atoms with van der Waals surface area (Å²) in [5, 5.41) is 3.56. The van der Waals surface area contributed by atoms with E-state index in [2.05, 4.69) is 41.5 Å². The minimum absolute atomic E-state index is 0.0725. The van der Waals surface area contributed by atoms with Crippen LogP contribution in [0.1, 0.15) is 30.4 Å². The van der Waals surface area contributed by atoms with E-state index >= 15 is 0 Å². The Morgan fingerprint density at radius 1 is 1.25 bits per heavy atom. The van der Waals surface area contributed by atoms with Gasteiger partial charge in [0.05, 0.1) is 11.6 Å². The van der Waals surface area contributed by atoms with Gasteiger partial charge in [0.1, 0.15) is 0 Å². The standard InChI is InChI=1S/C16H22N2OS/c1-3-18-15(10-14-11-17-12-20-14)16(19-4-2)13-8-6-5-7-9-13/h5-9,11-12,15-16,18H,3-4,10H2,1-2H3. The van der Waals surface area contributed by atoms with Gasteiger partial charge >= 0.3 is 0 Å². The molecule has 3 nitrogen and oxygen atoms in total. The molecule has 0 aliphatic heterocycles. The van der Waals surface area contributed by atoms with Crippen molar-refractivity contribution < 1.29 is 4.74 Å². The molecule has 0 saturated heterocycles. The Morgan fingerprint density at radius 2 is 2.05 bits per heavy atom. The van der Waals surface area contributed by atoms with Gasteiger partial charge in [0.15, 0.2) is 0 Å². The third kappa shape index (κ3) is 4.13. The highest BCUT2D eigenvalue weighted by atomic mass is 32.1. The van der Waals surface area contributed by atoms with Crippen LogP contribution in [0.4, 0.5) is 0 Å². The van der Waals surface area contributed by atoms with E-state index in [4.69, 9.17) is 4.74 Å². The summed E-state index contributed by atoms with van der Waals surface area (Å²) in [4.78, 5) is 5.45. The topological polar surface area (TPSA) is 34.2 Å². The van der Waals surface area contributed by atoms with Crippen LogP contribution in [0.2, 0.25) is 0 Å². The number of hydrogen-bond donors (Lipinski definition) is 1. The maximum Gasteiger partial charge on any atom is 0.0981 e. The van der Waals surface area contributed by atoms with Crippen molar-refractivity contribution in [3.05, 3.63) is 52.5 Å². The first-order valence-corrected chi connectivity index (χ1v) is 8.00. The summed E-state index contributed by atoms with van der Waals surface area (Å²) in [6, 6.07) is 10.7. The van der Waals surface area contributed by atoms with E-state index in [1.165, 1.54) is 10.4 Å². The average molecular weight is 290 g/mol. The zero-order valence-electron chi connectivity index (χ0n) is 12.1. The van der Waals surface area contributed by atoms with Crippen LogP contribution in [0, 0.1) is 0 Å². The second kappa shape index (κ2) is 8.15. The largest absolute Gasteiger partial charge is 0.372 e. The molecule has 20 heavy (non-hydrogen) atoms. The first kappa shape index (κ1) is 15.2. The Morgan fingerprint density at radius 3 is 2.65 bits per heavy atom. The van der Waals surface area contributed by atoms with E-state index < -0.39 is 0 Å². The predicted octanol–water partition coefficient (Wildman–Crippen LogP) is 3.44. The normalized spacial score (nSPS) is 14.1. The van der Waals surface area contributed by atoms with Crippen LogP contribution in [-0.4, -0.2) is 24.2 Å². The second-order valence-electron chi connectivity index (χ2n) is 4.62. The van der Waals surface area contributed by atoms with Gasteiger partial charge in [0, 0.05) is 30.1 Å². The van der Waals surface area contributed by atoms with E-state index in [1.54, 1.807) is 11.3 Å². The average Bonchev–Trinajstić information content (AvgIpc) is 2.98. The van der Waals surface area contributed by atoms with Crippen molar-refractivity contribution in [2.24, 2.45) is 0 Å². The molecular weight excluding hydrogens is 268 g/mol. The molecule has 2 unspecified atom stereocenters. The first-order chi connectivity index (χ1) is 9.85. The van der Waals surface area contributed by atoms with Gasteiger partial charge in [-0.1, -0.05) is 37.3 Å². The molecule has 1 heterocycles. The van der Waals surface area contributed by atoms with Crippen molar-refractivity contribution in [1.29, 1.82) is 0 Å². The minimum Gasteiger partial charge on any atom is -0.372 e. The van der Waals surface area contributed by atoms with E-state index in [-0.39, 0.29) is 12.1 Å². The van der Waals surface area contributed by atoms with Crippen LogP contribution < -0.4 is 5.32 Å². The molecule has 4 heteroatoms. The Bertz CT molecular complexity index is 472. The molecule has 0 saturated carbocycles. The maximum absolute atomic E-state index is 6.01. The first-order valence-electron chi connectivity index (χ1n) is 7.12. The molecule has 0 aliphatic carbocycles. The lowest BCUT2D eigenvalue weighted by Gasteiger charge is -2.28. The highest BCUT2D eigenvalue weighted by Crippen LogP contribution is 2.24. The molecule has 1 aromatic carbocycles. The summed E-state index contributed by atoms with van der Waals surface area (Å²) >= 11 is 1.70. The molecule has 0 amide bonds. The second-order valence-corrected chi connectivity index (χ2v) is 5.59. The lowest BCUT2D eigenvalue weighted by Crippen LogP contribution is -2.37. The van der Waals surface area contributed by atoms with Crippen molar-refractivity contribution in [2.45, 2.75) is 32.4 Å². The molecule has 0 fully saturated rings. The highest BCUT2D eigenvalue weighted by Gasteiger charge is 2.23. The fourth-order valence-electron chi connectivity index (χ4n) is 2.38. The molecule has 108 valence electrons. The van der Waals surface area contributed by atoms with Crippen molar-refractivity contribution in [3.63, 3.8) is 0 Å². The number of ether oxygens (including phenoxy) is 1. The summed E-state index contributed by atoms with van der Waals surface area (Å²) in [5.41, 5.74) is 3.11. The molecule has 0 spiro atoms. The van der Waals surface area contributed by atoms with Crippen molar-refractivity contribution in [1.82, 2.24) is 10.3 Å². The van der Waals surface area contributed by atoms with Crippen LogP contribution in [0.25, 0.3) is 0 Å². The SMILES string of the molecule is CCNC(Cc1cncs1)C(OCC)c1ccccc1. The zero-order valence-corrected chi connectivity index (χ0v) is 12.9. The number of likely N-dealkylation sites (N-methyl/N-ethyl adjacent to an activating group) is 1. The van der Waals surface area contributed by atoms with E-state index in [0.29, 0.717) is 6.61 Å². The number of thiazole rings is 1. The number of nitrogens with one attached hydrogen (secondary N) is 1. The fraction of sp³-hybridized carbons (Fsp3) is 0.438. The Kier molecular flexibility index (Phi) is 6.18. The summed E-state index contributed by atoms with van der Waals surface area (Å²) in [6.07, 6.45) is 2.96. The quantitative estimate of drug-likeness (QED) is 0.808. The van der Waals surface area contributed by atoms with Gasteiger partial charge in [-0.05, 0) is 19.0 Å². The number of rotatable bonds is 8. The molecule has 2 rings (SSSR count). The number of hydrogen-bond acceptors (Lipinski definition) is 4. The third-order valence-corrected chi connectivity index (χ3v) is 4.01. The molecule has 0 bridgehead atoms. The van der Waals surface area contributed by atoms with E-state index in [1.807, 2.05) is 24.7 Å². The van der Waals surface area contributed by atoms with Crippen LogP contribution in [-0.2, 0) is 11.2 Å². The van der Waals surface area contributed by atoms with E-state index in [0.717, 1.165) is 13.0 Å². The lowest BCUT2D eigenvalue weighted by atomic mass is 9.99. The fourth-order valence-corrected chi connectivity index (χ4v) is 3.03. The summed E-state index contributed by atoms with van der Waals surface area (Å²) in [6.45, 7) is 5.82. The molecule has 2 aromatic rings. The molecule has 1 aromatic heterocycles. The van der Waals surface area contributed by atoms with Crippen LogP contribution >= 0.6 is 11.3 Å². The van der Waals surface area contributed by atoms with Crippen LogP contribution in [0.5, 0.6) is 0 Å². The van der Waals surface area contributed by atoms with Gasteiger partial charge < -0.3 is 10.1 Å². The van der Waals surface area contributed by atoms with Crippen LogP contribution in [0.15, 0.2) is 42.0 Å². The Hall–Kier alpha value is -1.23. The van der Waals surface area contributed by atoms with Crippen molar-refractivity contribution in [3.8, 4) is 0 Å². The number of aromatic nitrogens is 1. The smallest absolute Gasteiger partial charge is 0.0981 e.